The van der Waals surface area contributed by atoms with Crippen molar-refractivity contribution in [3.63, 3.8) is 0 Å². The van der Waals surface area contributed by atoms with E-state index >= 15 is 0 Å². The summed E-state index contributed by atoms with van der Waals surface area (Å²) < 4.78 is 10.3. The van der Waals surface area contributed by atoms with E-state index in [2.05, 4.69) is 4.98 Å². The zero-order valence-electron chi connectivity index (χ0n) is 13.2. The van der Waals surface area contributed by atoms with Crippen LogP contribution in [0.25, 0.3) is 0 Å². The van der Waals surface area contributed by atoms with Crippen LogP contribution >= 0.6 is 11.6 Å². The molecule has 23 heavy (non-hydrogen) atoms. The number of hydrogen-bond acceptors (Lipinski definition) is 4. The number of carbonyl (C=O) groups excluding carboxylic acids is 2. The van der Waals surface area contributed by atoms with Crippen molar-refractivity contribution in [2.24, 2.45) is 0 Å². The molecule has 1 N–H and O–H groups in total. The zero-order valence-corrected chi connectivity index (χ0v) is 14.0. The van der Waals surface area contributed by atoms with Gasteiger partial charge in [0, 0.05) is 16.3 Å². The summed E-state index contributed by atoms with van der Waals surface area (Å²) in [5.41, 5.74) is 2.43. The van der Waals surface area contributed by atoms with E-state index in [1.807, 2.05) is 6.07 Å². The number of aryl methyl sites for hydroxylation is 1. The topological polar surface area (TPSA) is 68.4 Å². The molecule has 1 heterocycles. The van der Waals surface area contributed by atoms with Crippen molar-refractivity contribution in [3.8, 4) is 0 Å². The summed E-state index contributed by atoms with van der Waals surface area (Å²) in [6.07, 6.45) is 0. The van der Waals surface area contributed by atoms with Gasteiger partial charge in [0.25, 0.3) is 0 Å². The molecular formula is C17H18ClNO4. The summed E-state index contributed by atoms with van der Waals surface area (Å²) in [4.78, 5) is 27.1. The molecule has 0 atom stereocenters. The lowest BCUT2D eigenvalue weighted by Gasteiger charge is -2.06. The van der Waals surface area contributed by atoms with Gasteiger partial charge >= 0.3 is 11.9 Å². The quantitative estimate of drug-likeness (QED) is 0.843. The molecule has 1 aromatic carbocycles. The van der Waals surface area contributed by atoms with Crippen LogP contribution in [0, 0.1) is 13.8 Å². The number of nitrogens with one attached hydrogen (secondary N) is 1. The second-order valence-corrected chi connectivity index (χ2v) is 5.42. The van der Waals surface area contributed by atoms with Gasteiger partial charge in [0.2, 0.25) is 0 Å². The summed E-state index contributed by atoms with van der Waals surface area (Å²) in [5.74, 6) is -0.995. The van der Waals surface area contributed by atoms with E-state index in [1.165, 1.54) is 0 Å². The normalized spacial score (nSPS) is 10.4. The number of H-pyrrole nitrogens is 1. The van der Waals surface area contributed by atoms with Crippen LogP contribution in [-0.2, 0) is 16.1 Å². The third kappa shape index (κ3) is 3.74. The van der Waals surface area contributed by atoms with Crippen molar-refractivity contribution < 1.29 is 19.1 Å². The molecule has 0 fully saturated rings. The molecule has 2 aromatic rings. The summed E-state index contributed by atoms with van der Waals surface area (Å²) in [5, 5.41) is 0.534. The fourth-order valence-corrected chi connectivity index (χ4v) is 2.48. The Bertz CT molecular complexity index is 736. The Labute approximate surface area is 139 Å². The van der Waals surface area contributed by atoms with E-state index in [0.29, 0.717) is 27.4 Å². The maximum absolute atomic E-state index is 12.2. The van der Waals surface area contributed by atoms with Crippen molar-refractivity contribution in [1.29, 1.82) is 0 Å². The molecule has 0 unspecified atom stereocenters. The van der Waals surface area contributed by atoms with Crippen molar-refractivity contribution in [3.05, 3.63) is 57.4 Å². The molecule has 0 saturated heterocycles. The number of carbonyl (C=O) groups is 2. The number of ether oxygens (including phenoxy) is 2. The predicted octanol–water partition coefficient (Wildman–Crippen LogP) is 3.82. The molecule has 0 aliphatic rings. The predicted molar refractivity (Wildman–Crippen MR) is 86.8 cm³/mol. The second-order valence-electron chi connectivity index (χ2n) is 5.01. The summed E-state index contributed by atoms with van der Waals surface area (Å²) in [6, 6.07) is 7.13. The van der Waals surface area contributed by atoms with Crippen molar-refractivity contribution >= 4 is 23.5 Å². The third-order valence-electron chi connectivity index (χ3n) is 3.44. The van der Waals surface area contributed by atoms with E-state index in [1.54, 1.807) is 39.0 Å². The van der Waals surface area contributed by atoms with Gasteiger partial charge in [-0.25, -0.2) is 9.59 Å². The molecule has 2 rings (SSSR count). The Kier molecular flexibility index (Phi) is 5.45. The van der Waals surface area contributed by atoms with Crippen LogP contribution in [0.2, 0.25) is 5.02 Å². The lowest BCUT2D eigenvalue weighted by Crippen LogP contribution is -2.09. The fourth-order valence-electron chi connectivity index (χ4n) is 2.29. The van der Waals surface area contributed by atoms with Crippen LogP contribution in [-0.4, -0.2) is 23.5 Å². The number of rotatable bonds is 5. The molecule has 0 saturated carbocycles. The third-order valence-corrected chi connectivity index (χ3v) is 3.81. The van der Waals surface area contributed by atoms with Gasteiger partial charge in [-0.1, -0.05) is 29.8 Å². The van der Waals surface area contributed by atoms with Gasteiger partial charge in [-0.05, 0) is 32.4 Å². The van der Waals surface area contributed by atoms with Crippen molar-refractivity contribution in [1.82, 2.24) is 4.98 Å². The number of aromatic nitrogens is 1. The average molecular weight is 336 g/mol. The fraction of sp³-hybridized carbons (Fsp3) is 0.294. The van der Waals surface area contributed by atoms with E-state index < -0.39 is 11.9 Å². The molecule has 1 aromatic heterocycles. The van der Waals surface area contributed by atoms with Crippen LogP contribution in [0.4, 0.5) is 0 Å². The highest BCUT2D eigenvalue weighted by Crippen LogP contribution is 2.21. The maximum Gasteiger partial charge on any atom is 0.355 e. The van der Waals surface area contributed by atoms with Gasteiger partial charge in [0.05, 0.1) is 12.2 Å². The molecule has 0 aliphatic heterocycles. The first-order valence-electron chi connectivity index (χ1n) is 7.22. The second kappa shape index (κ2) is 7.33. The highest BCUT2D eigenvalue weighted by molar-refractivity contribution is 6.31. The van der Waals surface area contributed by atoms with Crippen LogP contribution in [0.3, 0.4) is 0 Å². The molecule has 0 spiro atoms. The van der Waals surface area contributed by atoms with E-state index in [-0.39, 0.29) is 18.9 Å². The van der Waals surface area contributed by atoms with Gasteiger partial charge in [0.1, 0.15) is 12.3 Å². The number of esters is 2. The first kappa shape index (κ1) is 17.1. The lowest BCUT2D eigenvalue weighted by molar-refractivity contribution is 0.0465. The number of hydrogen-bond donors (Lipinski definition) is 1. The van der Waals surface area contributed by atoms with Gasteiger partial charge in [0.15, 0.2) is 0 Å². The Morgan fingerprint density at radius 3 is 2.48 bits per heavy atom. The molecule has 122 valence electrons. The Hall–Kier alpha value is -2.27. The smallest absolute Gasteiger partial charge is 0.355 e. The highest BCUT2D eigenvalue weighted by Gasteiger charge is 2.23. The van der Waals surface area contributed by atoms with Crippen molar-refractivity contribution in [2.75, 3.05) is 6.61 Å². The van der Waals surface area contributed by atoms with Gasteiger partial charge < -0.3 is 14.5 Å². The average Bonchev–Trinajstić information content (AvgIpc) is 2.81. The van der Waals surface area contributed by atoms with Crippen molar-refractivity contribution in [2.45, 2.75) is 27.4 Å². The molecule has 0 aliphatic carbocycles. The highest BCUT2D eigenvalue weighted by atomic mass is 35.5. The summed E-state index contributed by atoms with van der Waals surface area (Å²) >= 11 is 6.03. The van der Waals surface area contributed by atoms with Crippen LogP contribution < -0.4 is 0 Å². The van der Waals surface area contributed by atoms with Crippen LogP contribution in [0.5, 0.6) is 0 Å². The molecule has 5 nitrogen and oxygen atoms in total. The van der Waals surface area contributed by atoms with E-state index in [4.69, 9.17) is 21.1 Å². The minimum atomic E-state index is -0.541. The van der Waals surface area contributed by atoms with Crippen LogP contribution in [0.1, 0.15) is 44.6 Å². The minimum absolute atomic E-state index is 0.0603. The SMILES string of the molecule is CCOC(=O)c1c(C)[nH]c(C(=O)OCc2ccccc2Cl)c1C. The summed E-state index contributed by atoms with van der Waals surface area (Å²) in [7, 11) is 0. The van der Waals surface area contributed by atoms with E-state index in [0.717, 1.165) is 0 Å². The molecular weight excluding hydrogens is 318 g/mol. The Balaban J connectivity index is 2.16. The zero-order chi connectivity index (χ0) is 17.0. The first-order chi connectivity index (χ1) is 11.0. The van der Waals surface area contributed by atoms with Crippen LogP contribution in [0.15, 0.2) is 24.3 Å². The van der Waals surface area contributed by atoms with Gasteiger partial charge in [-0.15, -0.1) is 0 Å². The molecule has 0 bridgehead atoms. The maximum atomic E-state index is 12.2. The van der Waals surface area contributed by atoms with Gasteiger partial charge in [-0.3, -0.25) is 0 Å². The Morgan fingerprint density at radius 1 is 1.13 bits per heavy atom. The monoisotopic (exact) mass is 335 g/mol. The molecule has 0 amide bonds. The van der Waals surface area contributed by atoms with E-state index in [9.17, 15) is 9.59 Å². The van der Waals surface area contributed by atoms with Gasteiger partial charge in [-0.2, -0.15) is 0 Å². The number of benzene rings is 1. The number of halogens is 1. The first-order valence-corrected chi connectivity index (χ1v) is 7.60. The molecule has 0 radical (unpaired) electrons. The minimum Gasteiger partial charge on any atom is -0.462 e. The number of aromatic amines is 1. The standard InChI is InChI=1S/C17H18ClNO4/c1-4-22-16(20)14-10(2)15(19-11(14)3)17(21)23-9-12-7-5-6-8-13(12)18/h5-8,19H,4,9H2,1-3H3. The largest absolute Gasteiger partial charge is 0.462 e. The summed E-state index contributed by atoms with van der Waals surface area (Å²) in [6.45, 7) is 5.46. The Morgan fingerprint density at radius 2 is 1.83 bits per heavy atom. The molecule has 6 heteroatoms. The lowest BCUT2D eigenvalue weighted by atomic mass is 10.1.